The third kappa shape index (κ3) is 4.38. The van der Waals surface area contributed by atoms with Crippen molar-refractivity contribution >= 4 is 11.9 Å². The fourth-order valence-electron chi connectivity index (χ4n) is 3.91. The average molecular weight is 368 g/mol. The molecule has 0 unspecified atom stereocenters. The van der Waals surface area contributed by atoms with Crippen molar-refractivity contribution in [3.05, 3.63) is 70.8 Å². The van der Waals surface area contributed by atoms with E-state index in [4.69, 9.17) is 5.11 Å². The summed E-state index contributed by atoms with van der Waals surface area (Å²) in [6.07, 6.45) is 2.93. The summed E-state index contributed by atoms with van der Waals surface area (Å²) in [5.41, 5.74) is 2.50. The Kier molecular flexibility index (Phi) is 7.17. The van der Waals surface area contributed by atoms with Crippen LogP contribution in [0, 0.1) is 0 Å². The van der Waals surface area contributed by atoms with Crippen molar-refractivity contribution in [1.29, 1.82) is 0 Å². The molecule has 0 saturated carbocycles. The fraction of sp³-hybridized carbons (Fsp3) is 0.391. The number of unbranched alkanes of at least 4 members (excludes halogenated alkanes) is 1. The van der Waals surface area contributed by atoms with Gasteiger partial charge in [0.2, 0.25) is 0 Å². The predicted octanol–water partition coefficient (Wildman–Crippen LogP) is 4.83. The van der Waals surface area contributed by atoms with E-state index in [0.717, 1.165) is 35.1 Å². The summed E-state index contributed by atoms with van der Waals surface area (Å²) in [4.78, 5) is 23.7. The molecule has 0 aliphatic carbocycles. The summed E-state index contributed by atoms with van der Waals surface area (Å²) >= 11 is 0. The third-order valence-electron chi connectivity index (χ3n) is 5.27. The molecule has 144 valence electrons. The molecule has 2 aromatic rings. The summed E-state index contributed by atoms with van der Waals surface area (Å²) in [7, 11) is 0. The number of benzene rings is 2. The largest absolute Gasteiger partial charge is 0.481 e. The van der Waals surface area contributed by atoms with Gasteiger partial charge in [-0.2, -0.15) is 0 Å². The molecule has 4 heteroatoms. The lowest BCUT2D eigenvalue weighted by atomic mass is 9.67. The highest BCUT2D eigenvalue weighted by atomic mass is 16.4. The molecule has 0 aromatic heterocycles. The SMILES string of the molecule is CCc1ccccc1C(CCCCC(=O)O)(C(=O)O)c1ccccc1CC. The normalized spacial score (nSPS) is 11.3. The highest BCUT2D eigenvalue weighted by Crippen LogP contribution is 2.41. The molecule has 0 saturated heterocycles. The van der Waals surface area contributed by atoms with Crippen LogP contribution in [-0.4, -0.2) is 22.2 Å². The lowest BCUT2D eigenvalue weighted by Crippen LogP contribution is -2.39. The molecule has 0 radical (unpaired) electrons. The van der Waals surface area contributed by atoms with E-state index in [1.165, 1.54) is 0 Å². The summed E-state index contributed by atoms with van der Waals surface area (Å²) in [5, 5.41) is 19.4. The molecule has 0 spiro atoms. The van der Waals surface area contributed by atoms with Gasteiger partial charge in [0, 0.05) is 6.42 Å². The molecule has 0 atom stereocenters. The second-order valence-corrected chi connectivity index (χ2v) is 6.83. The third-order valence-corrected chi connectivity index (χ3v) is 5.27. The van der Waals surface area contributed by atoms with E-state index in [-0.39, 0.29) is 6.42 Å². The molecule has 0 heterocycles. The quantitative estimate of drug-likeness (QED) is 0.589. The van der Waals surface area contributed by atoms with Gasteiger partial charge >= 0.3 is 11.9 Å². The van der Waals surface area contributed by atoms with Crippen LogP contribution in [0.4, 0.5) is 0 Å². The smallest absolute Gasteiger partial charge is 0.318 e. The second-order valence-electron chi connectivity index (χ2n) is 6.83. The van der Waals surface area contributed by atoms with Crippen LogP contribution in [0.2, 0.25) is 0 Å². The van der Waals surface area contributed by atoms with Gasteiger partial charge in [-0.05, 0) is 47.9 Å². The molecule has 0 bridgehead atoms. The van der Waals surface area contributed by atoms with Crippen molar-refractivity contribution in [3.63, 3.8) is 0 Å². The van der Waals surface area contributed by atoms with Crippen LogP contribution in [0.1, 0.15) is 61.8 Å². The first-order chi connectivity index (χ1) is 13.0. The Morgan fingerprint density at radius 1 is 0.815 bits per heavy atom. The van der Waals surface area contributed by atoms with Crippen molar-refractivity contribution in [1.82, 2.24) is 0 Å². The number of carboxylic acid groups (broad SMARTS) is 2. The molecule has 2 aromatic carbocycles. The van der Waals surface area contributed by atoms with Gasteiger partial charge in [0.1, 0.15) is 5.41 Å². The zero-order valence-corrected chi connectivity index (χ0v) is 16.1. The summed E-state index contributed by atoms with van der Waals surface area (Å²) in [6, 6.07) is 15.4. The Balaban J connectivity index is 2.64. The van der Waals surface area contributed by atoms with E-state index < -0.39 is 17.4 Å². The number of hydrogen-bond donors (Lipinski definition) is 2. The standard InChI is InChI=1S/C23H28O4/c1-3-17-11-5-7-13-19(17)23(22(26)27,16-10-9-15-21(24)25)20-14-8-6-12-18(20)4-2/h5-8,11-14H,3-4,9-10,15-16H2,1-2H3,(H,24,25)(H,26,27). The first-order valence-corrected chi connectivity index (χ1v) is 9.59. The van der Waals surface area contributed by atoms with E-state index in [0.29, 0.717) is 19.3 Å². The van der Waals surface area contributed by atoms with E-state index in [1.807, 2.05) is 62.4 Å². The number of rotatable bonds is 10. The van der Waals surface area contributed by atoms with Gasteiger partial charge in [0.15, 0.2) is 0 Å². The molecule has 0 aliphatic rings. The van der Waals surface area contributed by atoms with Crippen LogP contribution >= 0.6 is 0 Å². The highest BCUT2D eigenvalue weighted by Gasteiger charge is 2.43. The van der Waals surface area contributed by atoms with E-state index >= 15 is 0 Å². The maximum Gasteiger partial charge on any atom is 0.318 e. The van der Waals surface area contributed by atoms with Gasteiger partial charge in [-0.1, -0.05) is 68.8 Å². The molecule has 2 N–H and O–H groups in total. The van der Waals surface area contributed by atoms with Crippen molar-refractivity contribution in [2.75, 3.05) is 0 Å². The Morgan fingerprint density at radius 2 is 1.30 bits per heavy atom. The fourth-order valence-corrected chi connectivity index (χ4v) is 3.91. The minimum atomic E-state index is -1.17. The summed E-state index contributed by atoms with van der Waals surface area (Å²) < 4.78 is 0. The Morgan fingerprint density at radius 3 is 1.70 bits per heavy atom. The number of carboxylic acids is 2. The van der Waals surface area contributed by atoms with Gasteiger partial charge in [-0.25, -0.2) is 0 Å². The first-order valence-electron chi connectivity index (χ1n) is 9.59. The lowest BCUT2D eigenvalue weighted by molar-refractivity contribution is -0.142. The number of carbonyl (C=O) groups is 2. The summed E-state index contributed by atoms with van der Waals surface area (Å²) in [6.45, 7) is 4.06. The van der Waals surface area contributed by atoms with E-state index in [1.54, 1.807) is 0 Å². The minimum Gasteiger partial charge on any atom is -0.481 e. The number of aryl methyl sites for hydroxylation is 2. The highest BCUT2D eigenvalue weighted by molar-refractivity contribution is 5.87. The Bertz CT molecular complexity index is 747. The van der Waals surface area contributed by atoms with Crippen LogP contribution in [0.25, 0.3) is 0 Å². The van der Waals surface area contributed by atoms with Crippen LogP contribution in [0.3, 0.4) is 0 Å². The van der Waals surface area contributed by atoms with Crippen molar-refractivity contribution in [2.45, 2.75) is 57.8 Å². The maximum atomic E-state index is 12.8. The van der Waals surface area contributed by atoms with Crippen molar-refractivity contribution < 1.29 is 19.8 Å². The monoisotopic (exact) mass is 368 g/mol. The van der Waals surface area contributed by atoms with Crippen LogP contribution in [0.5, 0.6) is 0 Å². The first kappa shape index (κ1) is 20.7. The van der Waals surface area contributed by atoms with Gasteiger partial charge in [-0.15, -0.1) is 0 Å². The topological polar surface area (TPSA) is 74.6 Å². The second kappa shape index (κ2) is 9.36. The zero-order valence-electron chi connectivity index (χ0n) is 16.1. The van der Waals surface area contributed by atoms with Crippen LogP contribution in [-0.2, 0) is 27.8 Å². The predicted molar refractivity (Wildman–Crippen MR) is 106 cm³/mol. The number of hydrogen-bond acceptors (Lipinski definition) is 2. The van der Waals surface area contributed by atoms with Crippen molar-refractivity contribution in [3.8, 4) is 0 Å². The minimum absolute atomic E-state index is 0.0561. The Hall–Kier alpha value is -2.62. The molecule has 27 heavy (non-hydrogen) atoms. The van der Waals surface area contributed by atoms with Crippen molar-refractivity contribution in [2.24, 2.45) is 0 Å². The van der Waals surface area contributed by atoms with Crippen LogP contribution < -0.4 is 0 Å². The van der Waals surface area contributed by atoms with Gasteiger partial charge in [-0.3, -0.25) is 9.59 Å². The molecule has 2 rings (SSSR count). The molecule has 0 aliphatic heterocycles. The van der Waals surface area contributed by atoms with Gasteiger partial charge in [0.05, 0.1) is 0 Å². The number of aliphatic carboxylic acids is 2. The maximum absolute atomic E-state index is 12.8. The van der Waals surface area contributed by atoms with E-state index in [9.17, 15) is 14.7 Å². The lowest BCUT2D eigenvalue weighted by Gasteiger charge is -2.34. The molecule has 4 nitrogen and oxygen atoms in total. The Labute approximate surface area is 160 Å². The molecular formula is C23H28O4. The van der Waals surface area contributed by atoms with Gasteiger partial charge < -0.3 is 10.2 Å². The van der Waals surface area contributed by atoms with Crippen LogP contribution in [0.15, 0.2) is 48.5 Å². The van der Waals surface area contributed by atoms with Gasteiger partial charge in [0.25, 0.3) is 0 Å². The average Bonchev–Trinajstić information content (AvgIpc) is 2.68. The van der Waals surface area contributed by atoms with E-state index in [2.05, 4.69) is 0 Å². The molecule has 0 amide bonds. The summed E-state index contributed by atoms with van der Waals surface area (Å²) in [5.74, 6) is -1.72. The zero-order chi connectivity index (χ0) is 19.9. The molecular weight excluding hydrogens is 340 g/mol. The molecule has 0 fully saturated rings.